The van der Waals surface area contributed by atoms with E-state index in [-0.39, 0.29) is 46.1 Å². The Labute approximate surface area is 193 Å². The van der Waals surface area contributed by atoms with Gasteiger partial charge in [-0.25, -0.2) is 4.98 Å². The third-order valence-corrected chi connectivity index (χ3v) is 6.23. The fourth-order valence-corrected chi connectivity index (χ4v) is 4.87. The van der Waals surface area contributed by atoms with E-state index in [4.69, 9.17) is 44.3 Å². The Bertz CT molecular complexity index is 893. The normalized spacial score (nSPS) is 18.8. The van der Waals surface area contributed by atoms with E-state index < -0.39 is 5.91 Å². The number of carbonyl (C=O) groups is 2. The summed E-state index contributed by atoms with van der Waals surface area (Å²) in [7, 11) is 1.59. The summed E-state index contributed by atoms with van der Waals surface area (Å²) in [6, 6.07) is 2.87. The molecule has 30 heavy (non-hydrogen) atoms. The highest BCUT2D eigenvalue weighted by molar-refractivity contribution is 7.14. The molecule has 11 heteroatoms. The fraction of sp³-hybridized carbons (Fsp3) is 0.421. The monoisotopic (exact) mass is 491 g/mol. The van der Waals surface area contributed by atoms with Crippen LogP contribution >= 0.6 is 46.1 Å². The maximum absolute atomic E-state index is 12.7. The summed E-state index contributed by atoms with van der Waals surface area (Å²) in [6.45, 7) is 0.269. The van der Waals surface area contributed by atoms with Crippen LogP contribution in [0.25, 0.3) is 0 Å². The first-order valence-electron chi connectivity index (χ1n) is 9.19. The van der Waals surface area contributed by atoms with Gasteiger partial charge < -0.3 is 20.1 Å². The van der Waals surface area contributed by atoms with Gasteiger partial charge in [-0.3, -0.25) is 9.59 Å². The minimum Gasteiger partial charge on any atom is -0.359 e. The van der Waals surface area contributed by atoms with Crippen LogP contribution in [0, 0.1) is 0 Å². The smallest absolute Gasteiger partial charge is 0.273 e. The molecule has 1 fully saturated rings. The first-order chi connectivity index (χ1) is 14.4. The fourth-order valence-electron chi connectivity index (χ4n) is 3.21. The van der Waals surface area contributed by atoms with E-state index in [9.17, 15) is 9.59 Å². The van der Waals surface area contributed by atoms with Gasteiger partial charge in [-0.15, -0.1) is 11.3 Å². The molecule has 1 aliphatic rings. The van der Waals surface area contributed by atoms with Crippen molar-refractivity contribution in [3.8, 4) is 0 Å². The summed E-state index contributed by atoms with van der Waals surface area (Å²) in [5.74, 6) is -0.892. The van der Waals surface area contributed by atoms with E-state index in [1.54, 1.807) is 7.11 Å². The molecule has 1 heterocycles. The number of aromatic nitrogens is 1. The van der Waals surface area contributed by atoms with Crippen LogP contribution in [0.1, 0.15) is 46.5 Å². The minimum absolute atomic E-state index is 0.0188. The van der Waals surface area contributed by atoms with Crippen LogP contribution in [-0.2, 0) is 9.47 Å². The van der Waals surface area contributed by atoms with Crippen molar-refractivity contribution < 1.29 is 19.1 Å². The van der Waals surface area contributed by atoms with Crippen molar-refractivity contribution in [2.24, 2.45) is 0 Å². The number of thiazole rings is 1. The van der Waals surface area contributed by atoms with Gasteiger partial charge >= 0.3 is 0 Å². The van der Waals surface area contributed by atoms with Crippen molar-refractivity contribution in [2.75, 3.05) is 19.2 Å². The second kappa shape index (κ2) is 10.7. The van der Waals surface area contributed by atoms with Crippen molar-refractivity contribution in [3.05, 3.63) is 44.0 Å². The lowest BCUT2D eigenvalue weighted by atomic mass is 9.93. The molecule has 7 nitrogen and oxygen atoms in total. The Morgan fingerprint density at radius 1 is 1.13 bits per heavy atom. The number of amides is 2. The van der Waals surface area contributed by atoms with Gasteiger partial charge in [-0.05, 0) is 37.8 Å². The molecule has 2 amide bonds. The number of anilines is 1. The predicted octanol–water partition coefficient (Wildman–Crippen LogP) is 5.02. The molecule has 3 rings (SSSR count). The Morgan fingerprint density at radius 2 is 1.80 bits per heavy atom. The molecule has 1 saturated carbocycles. The summed E-state index contributed by atoms with van der Waals surface area (Å²) >= 11 is 19.2. The molecule has 0 spiro atoms. The quantitative estimate of drug-likeness (QED) is 0.530. The van der Waals surface area contributed by atoms with Crippen LogP contribution in [0.2, 0.25) is 15.1 Å². The van der Waals surface area contributed by atoms with E-state index in [0.29, 0.717) is 10.0 Å². The molecule has 2 aromatic rings. The molecule has 0 radical (unpaired) electrons. The average Bonchev–Trinajstić information content (AvgIpc) is 3.14. The van der Waals surface area contributed by atoms with Gasteiger partial charge in [0.1, 0.15) is 11.8 Å². The molecule has 162 valence electrons. The zero-order valence-corrected chi connectivity index (χ0v) is 19.1. The predicted molar refractivity (Wildman–Crippen MR) is 118 cm³/mol. The number of nitrogens with one attached hydrogen (secondary N) is 2. The highest BCUT2D eigenvalue weighted by atomic mass is 35.5. The topological polar surface area (TPSA) is 89.6 Å². The van der Waals surface area contributed by atoms with Crippen molar-refractivity contribution in [1.29, 1.82) is 0 Å². The number of benzene rings is 1. The molecule has 1 aromatic heterocycles. The lowest BCUT2D eigenvalue weighted by molar-refractivity contribution is -0.0837. The maximum Gasteiger partial charge on any atom is 0.273 e. The van der Waals surface area contributed by atoms with E-state index in [0.717, 1.165) is 37.0 Å². The highest BCUT2D eigenvalue weighted by Gasteiger charge is 2.26. The first kappa shape index (κ1) is 23.2. The van der Waals surface area contributed by atoms with Crippen molar-refractivity contribution >= 4 is 63.0 Å². The van der Waals surface area contributed by atoms with Gasteiger partial charge in [0.05, 0.1) is 27.2 Å². The number of halogens is 3. The van der Waals surface area contributed by atoms with E-state index in [2.05, 4.69) is 15.6 Å². The van der Waals surface area contributed by atoms with Crippen LogP contribution in [-0.4, -0.2) is 42.8 Å². The molecular weight excluding hydrogens is 473 g/mol. The van der Waals surface area contributed by atoms with Gasteiger partial charge in [0, 0.05) is 18.2 Å². The Morgan fingerprint density at radius 3 is 2.43 bits per heavy atom. The highest BCUT2D eigenvalue weighted by Crippen LogP contribution is 2.31. The Hall–Kier alpha value is -1.42. The molecule has 2 N–H and O–H groups in total. The molecule has 0 bridgehead atoms. The number of carbonyl (C=O) groups excluding carboxylic acids is 2. The van der Waals surface area contributed by atoms with Crippen LogP contribution in [0.15, 0.2) is 17.6 Å². The molecule has 0 atom stereocenters. The third-order valence-electron chi connectivity index (χ3n) is 4.67. The molecule has 0 saturated heterocycles. The summed E-state index contributed by atoms with van der Waals surface area (Å²) < 4.78 is 10.5. The van der Waals surface area contributed by atoms with Crippen LogP contribution in [0.5, 0.6) is 0 Å². The summed E-state index contributed by atoms with van der Waals surface area (Å²) in [5.41, 5.74) is 1.72. The van der Waals surface area contributed by atoms with Crippen molar-refractivity contribution in [1.82, 2.24) is 10.3 Å². The molecule has 1 aliphatic carbocycles. The number of ether oxygens (including phenoxy) is 2. The second-order valence-electron chi connectivity index (χ2n) is 6.75. The number of rotatable bonds is 7. The van der Waals surface area contributed by atoms with E-state index in [1.165, 1.54) is 17.6 Å². The standard InChI is InChI=1S/C19H20Cl3N3O4S/c1-28-9-29-12-4-2-11(3-5-12)24-18(27)16-19(30-8-23-16)25-17(26)15-13(21)6-10(20)7-14(15)22/h6-8,11-12H,2-5,9H2,1H3,(H,24,27)(H,25,26). The van der Waals surface area contributed by atoms with Crippen molar-refractivity contribution in [2.45, 2.75) is 37.8 Å². The number of hydrogen-bond acceptors (Lipinski definition) is 6. The first-order valence-corrected chi connectivity index (χ1v) is 11.2. The molecule has 0 aliphatic heterocycles. The molecule has 0 unspecified atom stereocenters. The van der Waals surface area contributed by atoms with Gasteiger partial charge in [0.2, 0.25) is 0 Å². The Balaban J connectivity index is 1.62. The summed E-state index contributed by atoms with van der Waals surface area (Å²) in [6.07, 6.45) is 3.40. The van der Waals surface area contributed by atoms with Crippen LogP contribution < -0.4 is 10.6 Å². The number of methoxy groups -OCH3 is 1. The zero-order chi connectivity index (χ0) is 21.7. The van der Waals surface area contributed by atoms with E-state index in [1.807, 2.05) is 0 Å². The van der Waals surface area contributed by atoms with Gasteiger partial charge in [0.15, 0.2) is 5.69 Å². The summed E-state index contributed by atoms with van der Waals surface area (Å²) in [4.78, 5) is 29.5. The van der Waals surface area contributed by atoms with Gasteiger partial charge in [0.25, 0.3) is 11.8 Å². The average molecular weight is 493 g/mol. The van der Waals surface area contributed by atoms with E-state index >= 15 is 0 Å². The second-order valence-corrected chi connectivity index (χ2v) is 8.85. The SMILES string of the molecule is COCOC1CCC(NC(=O)c2ncsc2NC(=O)c2c(Cl)cc(Cl)cc2Cl)CC1. The largest absolute Gasteiger partial charge is 0.359 e. The van der Waals surface area contributed by atoms with Crippen LogP contribution in [0.4, 0.5) is 5.00 Å². The zero-order valence-electron chi connectivity index (χ0n) is 16.0. The lowest BCUT2D eigenvalue weighted by Gasteiger charge is -2.28. The van der Waals surface area contributed by atoms with Crippen molar-refractivity contribution in [3.63, 3.8) is 0 Å². The minimum atomic E-state index is -0.546. The third kappa shape index (κ3) is 5.84. The Kier molecular flexibility index (Phi) is 8.33. The molecule has 1 aromatic carbocycles. The van der Waals surface area contributed by atoms with Gasteiger partial charge in [-0.2, -0.15) is 0 Å². The maximum atomic E-state index is 12.7. The summed E-state index contributed by atoms with van der Waals surface area (Å²) in [5, 5.41) is 6.52. The van der Waals surface area contributed by atoms with Crippen LogP contribution in [0.3, 0.4) is 0 Å². The molecular formula is C19H20Cl3N3O4S. The number of nitrogens with zero attached hydrogens (tertiary/aromatic N) is 1. The van der Waals surface area contributed by atoms with Gasteiger partial charge in [-0.1, -0.05) is 34.8 Å². The number of hydrogen-bond donors (Lipinski definition) is 2. The lowest BCUT2D eigenvalue weighted by Crippen LogP contribution is -2.39.